The lowest BCUT2D eigenvalue weighted by molar-refractivity contribution is 0.280. The predicted octanol–water partition coefficient (Wildman–Crippen LogP) is 9.37. The summed E-state index contributed by atoms with van der Waals surface area (Å²) >= 11 is 0. The normalized spacial score (nSPS) is 26.0. The van der Waals surface area contributed by atoms with Gasteiger partial charge in [-0.15, -0.1) is 0 Å². The lowest BCUT2D eigenvalue weighted by Crippen LogP contribution is -2.22. The molecule has 1 heterocycles. The van der Waals surface area contributed by atoms with Gasteiger partial charge in [-0.2, -0.15) is 0 Å². The van der Waals surface area contributed by atoms with Crippen LogP contribution in [0.15, 0.2) is 42.5 Å². The van der Waals surface area contributed by atoms with Crippen molar-refractivity contribution in [1.29, 1.82) is 0 Å². The molecule has 3 heteroatoms. The van der Waals surface area contributed by atoms with Gasteiger partial charge in [0.15, 0.2) is 11.6 Å². The van der Waals surface area contributed by atoms with Crippen LogP contribution < -0.4 is 0 Å². The molecule has 0 atom stereocenters. The van der Waals surface area contributed by atoms with Crippen LogP contribution in [-0.2, 0) is 0 Å². The summed E-state index contributed by atoms with van der Waals surface area (Å²) < 4.78 is 26.8. The van der Waals surface area contributed by atoms with Gasteiger partial charge in [0, 0.05) is 8.80 Å². The zero-order valence-electron chi connectivity index (χ0n) is 20.7. The third-order valence-corrected chi connectivity index (χ3v) is 12.0. The van der Waals surface area contributed by atoms with E-state index in [9.17, 15) is 8.78 Å². The number of hydrogen-bond acceptors (Lipinski definition) is 0. The topological polar surface area (TPSA) is 0 Å². The fourth-order valence-electron chi connectivity index (χ4n) is 6.26. The van der Waals surface area contributed by atoms with Gasteiger partial charge in [-0.3, -0.25) is 0 Å². The highest BCUT2D eigenvalue weighted by Gasteiger charge is 2.26. The number of hydrogen-bond donors (Lipinski definition) is 0. The second-order valence-electron chi connectivity index (χ2n) is 11.4. The summed E-state index contributed by atoms with van der Waals surface area (Å²) in [7, 11) is -0.387. The molecule has 0 unspecified atom stereocenters. The van der Waals surface area contributed by atoms with Gasteiger partial charge >= 0.3 is 0 Å². The minimum absolute atomic E-state index is 0.387. The van der Waals surface area contributed by atoms with Crippen molar-refractivity contribution in [2.75, 3.05) is 0 Å². The molecule has 2 aliphatic rings. The quantitative estimate of drug-likeness (QED) is 0.338. The Hall–Kier alpha value is -1.48. The van der Waals surface area contributed by atoms with Gasteiger partial charge in [0.05, 0.1) is 0 Å². The molecule has 1 aliphatic heterocycles. The van der Waals surface area contributed by atoms with Gasteiger partial charge in [0.2, 0.25) is 0 Å². The van der Waals surface area contributed by atoms with Gasteiger partial charge in [-0.1, -0.05) is 94.4 Å². The first-order valence-corrected chi connectivity index (χ1v) is 16.0. The van der Waals surface area contributed by atoms with Crippen molar-refractivity contribution >= 4 is 8.80 Å². The molecule has 180 valence electrons. The Morgan fingerprint density at radius 1 is 0.758 bits per heavy atom. The van der Waals surface area contributed by atoms with Crippen LogP contribution in [-0.4, -0.2) is 8.80 Å². The maximum atomic E-state index is 13.6. The molecule has 0 nitrogen and oxygen atoms in total. The van der Waals surface area contributed by atoms with Crippen molar-refractivity contribution in [1.82, 2.24) is 0 Å². The molecule has 2 aromatic carbocycles. The molecular formula is C30H42F2Si. The molecular weight excluding hydrogens is 426 g/mol. The second-order valence-corrected chi connectivity index (χ2v) is 14.9. The number of benzene rings is 2. The molecule has 0 aromatic heterocycles. The Bertz CT molecular complexity index is 859. The molecule has 0 spiro atoms. The van der Waals surface area contributed by atoms with Crippen molar-refractivity contribution in [2.45, 2.75) is 95.7 Å². The highest BCUT2D eigenvalue weighted by atomic mass is 28.3. The molecule has 1 saturated carbocycles. The lowest BCUT2D eigenvalue weighted by Gasteiger charge is -2.32. The second kappa shape index (κ2) is 11.8. The van der Waals surface area contributed by atoms with E-state index in [1.165, 1.54) is 75.5 Å². The Kier molecular flexibility index (Phi) is 8.79. The van der Waals surface area contributed by atoms with E-state index in [-0.39, 0.29) is 8.80 Å². The molecule has 1 saturated heterocycles. The Balaban J connectivity index is 1.18. The summed E-state index contributed by atoms with van der Waals surface area (Å²) in [5, 5.41) is 0. The average Bonchev–Trinajstić information content (AvgIpc) is 2.84. The lowest BCUT2D eigenvalue weighted by atomic mass is 9.76. The summed E-state index contributed by atoms with van der Waals surface area (Å²) in [4.78, 5) is 0. The summed E-state index contributed by atoms with van der Waals surface area (Å²) in [5.74, 6) is 1.93. The Labute approximate surface area is 201 Å². The minimum Gasteiger partial charge on any atom is -0.204 e. The van der Waals surface area contributed by atoms with Crippen molar-refractivity contribution in [3.8, 4) is 11.1 Å². The zero-order valence-corrected chi connectivity index (χ0v) is 21.8. The molecule has 4 rings (SSSR count). The molecule has 0 radical (unpaired) electrons. The van der Waals surface area contributed by atoms with E-state index >= 15 is 0 Å². The molecule has 0 amide bonds. The van der Waals surface area contributed by atoms with Crippen LogP contribution in [0.4, 0.5) is 8.78 Å². The van der Waals surface area contributed by atoms with Crippen LogP contribution in [0.1, 0.15) is 83.1 Å². The molecule has 33 heavy (non-hydrogen) atoms. The number of halogens is 2. The van der Waals surface area contributed by atoms with E-state index in [4.69, 9.17) is 0 Å². The molecule has 2 fully saturated rings. The molecule has 2 aromatic rings. The van der Waals surface area contributed by atoms with E-state index in [1.807, 2.05) is 0 Å². The van der Waals surface area contributed by atoms with Crippen LogP contribution in [0.3, 0.4) is 0 Å². The molecule has 0 bridgehead atoms. The van der Waals surface area contributed by atoms with E-state index in [0.29, 0.717) is 5.92 Å². The van der Waals surface area contributed by atoms with Gasteiger partial charge in [0.1, 0.15) is 0 Å². The SMILES string of the molecule is CC(C)CC[Si@H]1CC[C@H](CCC2CCC(c3ccc(-c4ccc(F)c(F)c4)cc3)CC2)CC1. The van der Waals surface area contributed by atoms with E-state index < -0.39 is 11.6 Å². The first-order valence-electron chi connectivity index (χ1n) is 13.5. The van der Waals surface area contributed by atoms with Crippen LogP contribution in [0.5, 0.6) is 0 Å². The van der Waals surface area contributed by atoms with Crippen molar-refractivity contribution in [3.05, 3.63) is 59.7 Å². The maximum Gasteiger partial charge on any atom is 0.159 e. The first-order chi connectivity index (χ1) is 16.0. The summed E-state index contributed by atoms with van der Waals surface area (Å²) in [6, 6.07) is 17.5. The van der Waals surface area contributed by atoms with Crippen LogP contribution in [0, 0.1) is 29.4 Å². The first kappa shape index (κ1) is 24.6. The van der Waals surface area contributed by atoms with Gasteiger partial charge in [0.25, 0.3) is 0 Å². The maximum absolute atomic E-state index is 13.6. The Morgan fingerprint density at radius 2 is 1.36 bits per heavy atom. The largest absolute Gasteiger partial charge is 0.204 e. The number of rotatable bonds is 8. The average molecular weight is 469 g/mol. The minimum atomic E-state index is -0.789. The van der Waals surface area contributed by atoms with Crippen LogP contribution >= 0.6 is 0 Å². The van der Waals surface area contributed by atoms with Gasteiger partial charge in [-0.25, -0.2) is 8.78 Å². The third kappa shape index (κ3) is 7.01. The fraction of sp³-hybridized carbons (Fsp3) is 0.600. The fourth-order valence-corrected chi connectivity index (χ4v) is 10.1. The smallest absolute Gasteiger partial charge is 0.159 e. The predicted molar refractivity (Wildman–Crippen MR) is 139 cm³/mol. The summed E-state index contributed by atoms with van der Waals surface area (Å²) in [6.07, 6.45) is 12.8. The van der Waals surface area contributed by atoms with E-state index in [0.717, 1.165) is 28.9 Å². The van der Waals surface area contributed by atoms with Crippen LogP contribution in [0.25, 0.3) is 11.1 Å². The van der Waals surface area contributed by atoms with Crippen molar-refractivity contribution < 1.29 is 8.78 Å². The monoisotopic (exact) mass is 468 g/mol. The molecule has 1 aliphatic carbocycles. The van der Waals surface area contributed by atoms with Crippen molar-refractivity contribution in [3.63, 3.8) is 0 Å². The summed E-state index contributed by atoms with van der Waals surface area (Å²) in [5.41, 5.74) is 3.10. The zero-order chi connectivity index (χ0) is 23.2. The van der Waals surface area contributed by atoms with Crippen LogP contribution in [0.2, 0.25) is 18.1 Å². The Morgan fingerprint density at radius 3 is 1.97 bits per heavy atom. The highest BCUT2D eigenvalue weighted by molar-refractivity contribution is 6.58. The van der Waals surface area contributed by atoms with Gasteiger partial charge < -0.3 is 0 Å². The van der Waals surface area contributed by atoms with Crippen molar-refractivity contribution in [2.24, 2.45) is 17.8 Å². The summed E-state index contributed by atoms with van der Waals surface area (Å²) in [6.45, 7) is 4.75. The third-order valence-electron chi connectivity index (χ3n) is 8.58. The van der Waals surface area contributed by atoms with E-state index in [1.54, 1.807) is 24.2 Å². The highest BCUT2D eigenvalue weighted by Crippen LogP contribution is 2.40. The molecule has 0 N–H and O–H groups in total. The standard InChI is InChI=1S/C30H42F2Si/c1-22(2)15-18-33-19-16-24(17-20-33)4-3-23-5-7-25(8-6-23)26-9-11-27(12-10-26)28-13-14-29(31)30(32)21-28/h9-14,21-25,33H,3-8,15-20H2,1-2H3/t23?,24-,25?,33-. The van der Waals surface area contributed by atoms with E-state index in [2.05, 4.69) is 38.1 Å². The van der Waals surface area contributed by atoms with Gasteiger partial charge in [-0.05, 0) is 78.2 Å².